The third-order valence-electron chi connectivity index (χ3n) is 19.5. The highest BCUT2D eigenvalue weighted by Gasteiger charge is 2.68. The molecular weight excluding hydrogens is 981 g/mol. The third-order valence-corrected chi connectivity index (χ3v) is 19.5. The summed E-state index contributed by atoms with van der Waals surface area (Å²) in [4.78, 5) is 0. The molecule has 4 aliphatic carbocycles. The Morgan fingerprint density at radius 1 is 0.635 bits per heavy atom. The SMILES string of the molecule is CC(CCC1(O)O[C@H]2C[C@H]3[C@@H]4CC=C5C[C@@H](O[C@@H]6O[C@H](CO)[C@@H](O[C@@H]7O[C@H](CO)[C@@H](O)[C@H](O)[C@H]7O)[C@H](O)[C@H]6O[C@@H]6O[C@H](C)[C@@H](O)[C@H](O)[C@@H]6O)CC[C@]5(C)[C@H]4CC[C@]3(C)[C@H]2[C@@H]1C)CO[C@@H]1O[C@H](CO)[C@@H](O)[C@H](O)[C@H]1O. The van der Waals surface area contributed by atoms with E-state index in [4.69, 9.17) is 42.6 Å². The lowest BCUT2D eigenvalue weighted by Gasteiger charge is -2.58. The molecule has 31 atom stereocenters. The molecule has 0 amide bonds. The second-order valence-corrected chi connectivity index (χ2v) is 23.8. The topological polar surface area (TPSA) is 366 Å². The van der Waals surface area contributed by atoms with Crippen LogP contribution in [0.3, 0.4) is 0 Å². The van der Waals surface area contributed by atoms with E-state index in [2.05, 4.69) is 26.8 Å². The number of rotatable bonds is 15. The van der Waals surface area contributed by atoms with Gasteiger partial charge in [0, 0.05) is 12.3 Å². The van der Waals surface area contributed by atoms with Gasteiger partial charge in [-0.2, -0.15) is 0 Å². The van der Waals surface area contributed by atoms with E-state index in [9.17, 15) is 71.5 Å². The maximum absolute atomic E-state index is 12.1. The molecule has 0 radical (unpaired) electrons. The van der Waals surface area contributed by atoms with E-state index in [1.807, 2.05) is 6.92 Å². The van der Waals surface area contributed by atoms with Gasteiger partial charge >= 0.3 is 0 Å². The Balaban J connectivity index is 0.849. The highest BCUT2D eigenvalue weighted by molar-refractivity contribution is 5.26. The van der Waals surface area contributed by atoms with Crippen LogP contribution in [-0.4, -0.2) is 239 Å². The first kappa shape index (κ1) is 57.5. The van der Waals surface area contributed by atoms with Crippen molar-refractivity contribution in [3.8, 4) is 0 Å². The summed E-state index contributed by atoms with van der Waals surface area (Å²) in [5.41, 5.74) is 1.02. The predicted molar refractivity (Wildman–Crippen MR) is 250 cm³/mol. The fourth-order valence-corrected chi connectivity index (χ4v) is 15.0. The molecule has 0 aromatic carbocycles. The molecule has 0 aromatic rings. The first-order valence-electron chi connectivity index (χ1n) is 26.9. The van der Waals surface area contributed by atoms with Gasteiger partial charge < -0.3 is 114 Å². The van der Waals surface area contributed by atoms with Gasteiger partial charge in [-0.1, -0.05) is 39.3 Å². The van der Waals surface area contributed by atoms with Crippen molar-refractivity contribution in [2.75, 3.05) is 26.4 Å². The number of hydrogen-bond acceptors (Lipinski definition) is 23. The van der Waals surface area contributed by atoms with Crippen molar-refractivity contribution >= 4 is 0 Å². The molecule has 5 heterocycles. The minimum Gasteiger partial charge on any atom is -0.394 e. The van der Waals surface area contributed by atoms with E-state index in [0.717, 1.165) is 32.1 Å². The second-order valence-electron chi connectivity index (χ2n) is 23.8. The second kappa shape index (κ2) is 22.4. The molecule has 23 nitrogen and oxygen atoms in total. The lowest BCUT2D eigenvalue weighted by molar-refractivity contribution is -0.389. The Morgan fingerprint density at radius 2 is 1.22 bits per heavy atom. The van der Waals surface area contributed by atoms with Crippen LogP contribution in [0.15, 0.2) is 11.6 Å². The zero-order valence-electron chi connectivity index (χ0n) is 42.9. The minimum atomic E-state index is -1.85. The van der Waals surface area contributed by atoms with Crippen molar-refractivity contribution < 1.29 is 114 Å². The van der Waals surface area contributed by atoms with E-state index < -0.39 is 155 Å². The number of aliphatic hydroxyl groups is 14. The molecule has 23 heteroatoms. The van der Waals surface area contributed by atoms with Crippen LogP contribution in [0.25, 0.3) is 0 Å². The Morgan fingerprint density at radius 3 is 1.86 bits per heavy atom. The van der Waals surface area contributed by atoms with Crippen LogP contribution < -0.4 is 0 Å². The van der Waals surface area contributed by atoms with Crippen molar-refractivity contribution in [1.29, 1.82) is 0 Å². The summed E-state index contributed by atoms with van der Waals surface area (Å²) in [5, 5.41) is 148. The van der Waals surface area contributed by atoms with Crippen LogP contribution in [-0.2, 0) is 42.6 Å². The number of ether oxygens (including phenoxy) is 9. The average molecular weight is 1070 g/mol. The van der Waals surface area contributed by atoms with Crippen molar-refractivity contribution in [1.82, 2.24) is 0 Å². The summed E-state index contributed by atoms with van der Waals surface area (Å²) in [6.07, 6.45) is -22.1. The molecule has 3 saturated carbocycles. The Labute approximate surface area is 430 Å². The summed E-state index contributed by atoms with van der Waals surface area (Å²) in [7, 11) is 0. The van der Waals surface area contributed by atoms with Crippen LogP contribution in [0.5, 0.6) is 0 Å². The van der Waals surface area contributed by atoms with E-state index in [-0.39, 0.29) is 41.3 Å². The quantitative estimate of drug-likeness (QED) is 0.0727. The number of aliphatic hydroxyl groups excluding tert-OH is 13. The molecule has 74 heavy (non-hydrogen) atoms. The Kier molecular flexibility index (Phi) is 17.4. The summed E-state index contributed by atoms with van der Waals surface area (Å²) in [5.74, 6) is -0.310. The summed E-state index contributed by atoms with van der Waals surface area (Å²) in [6, 6.07) is 0. The van der Waals surface area contributed by atoms with Gasteiger partial charge in [0.1, 0.15) is 91.6 Å². The van der Waals surface area contributed by atoms with Crippen LogP contribution >= 0.6 is 0 Å². The zero-order valence-corrected chi connectivity index (χ0v) is 42.9. The lowest BCUT2D eigenvalue weighted by atomic mass is 9.47. The zero-order chi connectivity index (χ0) is 53.5. The van der Waals surface area contributed by atoms with E-state index in [1.165, 1.54) is 12.5 Å². The molecule has 2 unspecified atom stereocenters. The highest BCUT2D eigenvalue weighted by atomic mass is 16.8. The van der Waals surface area contributed by atoms with Crippen LogP contribution in [0.1, 0.15) is 92.4 Å². The monoisotopic (exact) mass is 1060 g/mol. The normalized spacial score (nSPS) is 54.9. The average Bonchev–Trinajstić information content (AvgIpc) is 3.82. The van der Waals surface area contributed by atoms with E-state index in [0.29, 0.717) is 43.4 Å². The van der Waals surface area contributed by atoms with Crippen molar-refractivity contribution in [2.24, 2.45) is 46.3 Å². The predicted octanol–water partition coefficient (Wildman–Crippen LogP) is -3.01. The highest BCUT2D eigenvalue weighted by Crippen LogP contribution is 2.70. The van der Waals surface area contributed by atoms with Crippen molar-refractivity contribution in [3.63, 3.8) is 0 Å². The number of hydrogen-bond donors (Lipinski definition) is 14. The molecule has 0 bridgehead atoms. The molecule has 9 rings (SSSR count). The van der Waals surface area contributed by atoms with Gasteiger partial charge in [0.2, 0.25) is 0 Å². The Bertz CT molecular complexity index is 1920. The molecular formula is C51H84O23. The first-order valence-corrected chi connectivity index (χ1v) is 26.9. The van der Waals surface area contributed by atoms with Crippen molar-refractivity contribution in [3.05, 3.63) is 11.6 Å². The van der Waals surface area contributed by atoms with Gasteiger partial charge in [-0.05, 0) is 98.7 Å². The summed E-state index contributed by atoms with van der Waals surface area (Å²) in [6.45, 7) is 8.35. The van der Waals surface area contributed by atoms with Crippen LogP contribution in [0, 0.1) is 46.3 Å². The summed E-state index contributed by atoms with van der Waals surface area (Å²) >= 11 is 0. The molecule has 5 aliphatic heterocycles. The maximum atomic E-state index is 12.1. The fraction of sp³-hybridized carbons (Fsp3) is 0.961. The van der Waals surface area contributed by atoms with Crippen LogP contribution in [0.2, 0.25) is 0 Å². The largest absolute Gasteiger partial charge is 0.394 e. The minimum absolute atomic E-state index is 0.0705. The standard InChI is InChI=1S/C51H84O23/c1-20(19-66-45-39(61)37(59)34(56)29(16-52)69-45)8-13-51(65)21(2)32-28(74-51)15-27-25-7-6-23-14-24(9-11-49(23,4)26(25)10-12-50(27,32)5)68-48-44(73-46-40(62)36(58)33(55)22(3)67-46)42(64)43(31(18-54)71-48)72-47-41(63)38(60)35(57)30(17-53)70-47/h6,20-22,24-48,52-65H,7-19H2,1-5H3/t20?,21-,22+,24-,25+,26-,27-,28-,29+,30+,31+,32-,33+,34+,35+,36-,37-,38-,39+,40-,41+,42-,43+,44+,45+,46-,47-,48+,49-,50-,51?/m0/s1. The van der Waals surface area contributed by atoms with Gasteiger partial charge in [-0.3, -0.25) is 0 Å². The Hall–Kier alpha value is -1.18. The molecule has 14 N–H and O–H groups in total. The maximum Gasteiger partial charge on any atom is 0.187 e. The molecule has 5 saturated heterocycles. The van der Waals surface area contributed by atoms with E-state index in [1.54, 1.807) is 0 Å². The lowest BCUT2D eigenvalue weighted by Crippen LogP contribution is -2.67. The fourth-order valence-electron chi connectivity index (χ4n) is 15.0. The van der Waals surface area contributed by atoms with Gasteiger partial charge in [-0.15, -0.1) is 0 Å². The van der Waals surface area contributed by atoms with Crippen molar-refractivity contribution in [2.45, 2.75) is 233 Å². The third kappa shape index (κ3) is 10.2. The number of fused-ring (bicyclic) bond motifs is 7. The van der Waals surface area contributed by atoms with Gasteiger partial charge in [0.25, 0.3) is 0 Å². The molecule has 0 spiro atoms. The molecule has 0 aromatic heterocycles. The molecule has 9 aliphatic rings. The van der Waals surface area contributed by atoms with E-state index >= 15 is 0 Å². The number of allylic oxidation sites excluding steroid dienone is 1. The van der Waals surface area contributed by atoms with Gasteiger partial charge in [-0.25, -0.2) is 0 Å². The van der Waals surface area contributed by atoms with Gasteiger partial charge in [0.15, 0.2) is 30.9 Å². The van der Waals surface area contributed by atoms with Crippen LogP contribution in [0.4, 0.5) is 0 Å². The summed E-state index contributed by atoms with van der Waals surface area (Å²) < 4.78 is 54.4. The van der Waals surface area contributed by atoms with Gasteiger partial charge in [0.05, 0.1) is 44.7 Å². The molecule has 8 fully saturated rings. The molecule has 426 valence electrons. The smallest absolute Gasteiger partial charge is 0.187 e. The first-order chi connectivity index (χ1) is 35.0.